The Hall–Kier alpha value is -0.380. The van der Waals surface area contributed by atoms with Crippen LogP contribution in [0.15, 0.2) is 28.7 Å². The van der Waals surface area contributed by atoms with Crippen LogP contribution in [0.4, 0.5) is 0 Å². The van der Waals surface area contributed by atoms with Gasteiger partial charge in [0, 0.05) is 16.6 Å². The molecule has 1 aromatic rings. The number of hydrogen-bond donors (Lipinski definition) is 2. The lowest BCUT2D eigenvalue weighted by molar-refractivity contribution is 0.357. The van der Waals surface area contributed by atoms with Crippen LogP contribution in [0.25, 0.3) is 0 Å². The predicted octanol–water partition coefficient (Wildman–Crippen LogP) is 3.62. The molecule has 1 aromatic carbocycles. The highest BCUT2D eigenvalue weighted by Gasteiger charge is 2.27. The molecule has 3 N–H and O–H groups in total. The molecule has 1 aliphatic rings. The minimum atomic E-state index is 0.454. The summed E-state index contributed by atoms with van der Waals surface area (Å²) in [4.78, 5) is 0. The summed E-state index contributed by atoms with van der Waals surface area (Å²) in [5, 5.41) is 3.81. The highest BCUT2D eigenvalue weighted by atomic mass is 79.9. The highest BCUT2D eigenvalue weighted by Crippen LogP contribution is 2.28. The first-order valence-electron chi connectivity index (χ1n) is 6.96. The largest absolute Gasteiger partial charge is 0.330 e. The molecule has 3 heteroatoms. The van der Waals surface area contributed by atoms with Gasteiger partial charge in [0.25, 0.3) is 0 Å². The number of rotatable bonds is 5. The van der Waals surface area contributed by atoms with Crippen molar-refractivity contribution in [2.24, 2.45) is 11.7 Å². The van der Waals surface area contributed by atoms with E-state index in [1.54, 1.807) is 0 Å². The molecule has 2 nitrogen and oxygen atoms in total. The molecule has 100 valence electrons. The monoisotopic (exact) mass is 310 g/mol. The van der Waals surface area contributed by atoms with Crippen molar-refractivity contribution in [3.63, 3.8) is 0 Å². The molecule has 2 rings (SSSR count). The van der Waals surface area contributed by atoms with E-state index in [1.165, 1.54) is 24.8 Å². The molecule has 3 unspecified atom stereocenters. The molecule has 1 saturated carbocycles. The third-order valence-corrected chi connectivity index (χ3v) is 4.59. The average Bonchev–Trinajstić information content (AvgIpc) is 2.84. The number of nitrogens with two attached hydrogens (primary N) is 1. The molecule has 0 heterocycles. The van der Waals surface area contributed by atoms with Gasteiger partial charge in [-0.05, 0) is 49.4 Å². The molecule has 0 amide bonds. The Morgan fingerprint density at radius 2 is 2.06 bits per heavy atom. The molecule has 0 radical (unpaired) electrons. The fourth-order valence-electron chi connectivity index (χ4n) is 2.94. The van der Waals surface area contributed by atoms with E-state index in [4.69, 9.17) is 5.73 Å². The summed E-state index contributed by atoms with van der Waals surface area (Å²) in [6, 6.07) is 9.71. The Balaban J connectivity index is 2.02. The van der Waals surface area contributed by atoms with Crippen LogP contribution < -0.4 is 11.1 Å². The van der Waals surface area contributed by atoms with Crippen molar-refractivity contribution >= 4 is 15.9 Å². The average molecular weight is 311 g/mol. The van der Waals surface area contributed by atoms with Crippen molar-refractivity contribution in [1.82, 2.24) is 5.32 Å². The summed E-state index contributed by atoms with van der Waals surface area (Å²) < 4.78 is 1.14. The number of hydrogen-bond acceptors (Lipinski definition) is 2. The number of benzene rings is 1. The second kappa shape index (κ2) is 6.69. The van der Waals surface area contributed by atoms with Crippen LogP contribution in [0, 0.1) is 5.92 Å². The SMILES string of the molecule is CCC(NC1CCCC1CN)c1ccc(Br)cc1. The molecule has 0 saturated heterocycles. The Labute approximate surface area is 118 Å². The maximum absolute atomic E-state index is 5.85. The standard InChI is InChI=1S/C15H23BrN2/c1-2-14(11-6-8-13(16)9-7-11)18-15-5-3-4-12(15)10-17/h6-9,12,14-15,18H,2-5,10,17H2,1H3. The van der Waals surface area contributed by atoms with Crippen LogP contribution >= 0.6 is 15.9 Å². The number of nitrogens with one attached hydrogen (secondary N) is 1. The van der Waals surface area contributed by atoms with E-state index in [2.05, 4.69) is 52.4 Å². The summed E-state index contributed by atoms with van der Waals surface area (Å²) >= 11 is 3.49. The quantitative estimate of drug-likeness (QED) is 0.871. The van der Waals surface area contributed by atoms with Gasteiger partial charge < -0.3 is 11.1 Å². The Bertz CT molecular complexity index is 363. The van der Waals surface area contributed by atoms with Gasteiger partial charge in [-0.2, -0.15) is 0 Å². The second-order valence-corrected chi connectivity index (χ2v) is 6.13. The molecular formula is C15H23BrN2. The summed E-state index contributed by atoms with van der Waals surface area (Å²) in [6.45, 7) is 3.06. The lowest BCUT2D eigenvalue weighted by Crippen LogP contribution is -2.38. The van der Waals surface area contributed by atoms with Crippen molar-refractivity contribution in [2.45, 2.75) is 44.7 Å². The molecule has 1 aliphatic carbocycles. The number of halogens is 1. The third-order valence-electron chi connectivity index (χ3n) is 4.06. The molecule has 0 aromatic heterocycles. The Morgan fingerprint density at radius 3 is 2.67 bits per heavy atom. The van der Waals surface area contributed by atoms with Crippen LogP contribution in [0.2, 0.25) is 0 Å². The van der Waals surface area contributed by atoms with Crippen molar-refractivity contribution in [2.75, 3.05) is 6.54 Å². The van der Waals surface area contributed by atoms with Gasteiger partial charge in [-0.3, -0.25) is 0 Å². The Morgan fingerprint density at radius 1 is 1.33 bits per heavy atom. The van der Waals surface area contributed by atoms with Crippen molar-refractivity contribution in [3.8, 4) is 0 Å². The summed E-state index contributed by atoms with van der Waals surface area (Å²) in [5.41, 5.74) is 7.23. The Kier molecular flexibility index (Phi) is 5.22. The van der Waals surface area contributed by atoms with E-state index in [0.29, 0.717) is 18.0 Å². The van der Waals surface area contributed by atoms with Crippen molar-refractivity contribution < 1.29 is 0 Å². The van der Waals surface area contributed by atoms with Crippen LogP contribution in [-0.4, -0.2) is 12.6 Å². The van der Waals surface area contributed by atoms with E-state index in [9.17, 15) is 0 Å². The van der Waals surface area contributed by atoms with Gasteiger partial charge in [0.1, 0.15) is 0 Å². The van der Waals surface area contributed by atoms with Gasteiger partial charge in [-0.1, -0.05) is 41.4 Å². The first kappa shape index (κ1) is 14.0. The van der Waals surface area contributed by atoms with Gasteiger partial charge in [0.15, 0.2) is 0 Å². The predicted molar refractivity (Wildman–Crippen MR) is 80.5 cm³/mol. The minimum Gasteiger partial charge on any atom is -0.330 e. The molecule has 3 atom stereocenters. The third kappa shape index (κ3) is 3.34. The smallest absolute Gasteiger partial charge is 0.0320 e. The van der Waals surface area contributed by atoms with Gasteiger partial charge in [0.2, 0.25) is 0 Å². The zero-order valence-corrected chi connectivity index (χ0v) is 12.6. The van der Waals surface area contributed by atoms with Gasteiger partial charge in [-0.15, -0.1) is 0 Å². The molecule has 0 spiro atoms. The van der Waals surface area contributed by atoms with Crippen LogP contribution in [0.1, 0.15) is 44.2 Å². The first-order valence-corrected chi connectivity index (χ1v) is 7.75. The van der Waals surface area contributed by atoms with E-state index < -0.39 is 0 Å². The summed E-state index contributed by atoms with van der Waals surface area (Å²) in [7, 11) is 0. The van der Waals surface area contributed by atoms with E-state index in [-0.39, 0.29) is 0 Å². The van der Waals surface area contributed by atoms with E-state index in [0.717, 1.165) is 17.4 Å². The lowest BCUT2D eigenvalue weighted by Gasteiger charge is -2.26. The van der Waals surface area contributed by atoms with Gasteiger partial charge in [-0.25, -0.2) is 0 Å². The lowest BCUT2D eigenvalue weighted by atomic mass is 9.99. The first-order chi connectivity index (χ1) is 8.74. The zero-order chi connectivity index (χ0) is 13.0. The fraction of sp³-hybridized carbons (Fsp3) is 0.600. The maximum Gasteiger partial charge on any atom is 0.0320 e. The van der Waals surface area contributed by atoms with Crippen LogP contribution in [-0.2, 0) is 0 Å². The van der Waals surface area contributed by atoms with Gasteiger partial charge >= 0.3 is 0 Å². The normalized spacial score (nSPS) is 25.3. The van der Waals surface area contributed by atoms with Crippen LogP contribution in [0.5, 0.6) is 0 Å². The molecule has 0 aliphatic heterocycles. The molecule has 1 fully saturated rings. The van der Waals surface area contributed by atoms with Gasteiger partial charge in [0.05, 0.1) is 0 Å². The highest BCUT2D eigenvalue weighted by molar-refractivity contribution is 9.10. The van der Waals surface area contributed by atoms with Crippen molar-refractivity contribution in [3.05, 3.63) is 34.3 Å². The zero-order valence-electron chi connectivity index (χ0n) is 11.0. The van der Waals surface area contributed by atoms with Crippen LogP contribution in [0.3, 0.4) is 0 Å². The molecule has 0 bridgehead atoms. The maximum atomic E-state index is 5.85. The second-order valence-electron chi connectivity index (χ2n) is 5.21. The van der Waals surface area contributed by atoms with E-state index in [1.807, 2.05) is 0 Å². The fourth-order valence-corrected chi connectivity index (χ4v) is 3.21. The molecule has 18 heavy (non-hydrogen) atoms. The molecular weight excluding hydrogens is 288 g/mol. The minimum absolute atomic E-state index is 0.454. The van der Waals surface area contributed by atoms with E-state index >= 15 is 0 Å². The topological polar surface area (TPSA) is 38.0 Å². The summed E-state index contributed by atoms with van der Waals surface area (Å²) in [6.07, 6.45) is 4.99. The van der Waals surface area contributed by atoms with Crippen molar-refractivity contribution in [1.29, 1.82) is 0 Å². The summed E-state index contributed by atoms with van der Waals surface area (Å²) in [5.74, 6) is 0.662.